The van der Waals surface area contributed by atoms with Crippen LogP contribution in [0.2, 0.25) is 5.02 Å². The molecule has 0 bridgehead atoms. The molecule has 0 atom stereocenters. The topological polar surface area (TPSA) is 30.7 Å². The molecule has 6 heteroatoms. The average molecular weight is 365 g/mol. The van der Waals surface area contributed by atoms with E-state index < -0.39 is 0 Å². The van der Waals surface area contributed by atoms with Gasteiger partial charge in [0.15, 0.2) is 5.82 Å². The molecule has 16 heavy (non-hydrogen) atoms. The first kappa shape index (κ1) is 12.1. The lowest BCUT2D eigenvalue weighted by molar-refractivity contribution is 0.859. The summed E-state index contributed by atoms with van der Waals surface area (Å²) in [5.41, 5.74) is 0.985. The number of nitrogens with zero attached hydrogens (tertiary/aromatic N) is 3. The minimum atomic E-state index is 0.686. The molecule has 2 aromatic rings. The largest absolute Gasteiger partial charge is 0.313 e. The Balaban J connectivity index is 2.50. The maximum atomic E-state index is 5.94. The summed E-state index contributed by atoms with van der Waals surface area (Å²) in [6.07, 6.45) is 0. The van der Waals surface area contributed by atoms with Crippen LogP contribution in [0.25, 0.3) is 11.4 Å². The molecule has 1 aromatic carbocycles. The van der Waals surface area contributed by atoms with Gasteiger partial charge in [0.2, 0.25) is 0 Å². The van der Waals surface area contributed by atoms with Gasteiger partial charge in [-0.3, -0.25) is 0 Å². The van der Waals surface area contributed by atoms with Gasteiger partial charge in [-0.15, -0.1) is 10.2 Å². The first-order valence-electron chi connectivity index (χ1n) is 4.53. The fourth-order valence-corrected chi connectivity index (χ4v) is 2.35. The summed E-state index contributed by atoms with van der Waals surface area (Å²) in [7, 11) is 1.94. The molecule has 0 fully saturated rings. The summed E-state index contributed by atoms with van der Waals surface area (Å²) >= 11 is 12.7. The first-order chi connectivity index (χ1) is 7.63. The van der Waals surface area contributed by atoms with Gasteiger partial charge in [0.1, 0.15) is 5.82 Å². The van der Waals surface area contributed by atoms with E-state index in [4.69, 9.17) is 11.6 Å². The van der Waals surface area contributed by atoms with Gasteiger partial charge in [-0.25, -0.2) is 0 Å². The molecule has 0 saturated heterocycles. The van der Waals surface area contributed by atoms with Crippen molar-refractivity contribution in [3.8, 4) is 11.4 Å². The highest BCUT2D eigenvalue weighted by Crippen LogP contribution is 2.28. The zero-order valence-corrected chi connectivity index (χ0v) is 12.3. The van der Waals surface area contributed by atoms with Crippen LogP contribution in [-0.2, 0) is 12.4 Å². The van der Waals surface area contributed by atoms with Crippen LogP contribution >= 0.6 is 43.5 Å². The highest BCUT2D eigenvalue weighted by molar-refractivity contribution is 9.10. The Bertz CT molecular complexity index is 525. The summed E-state index contributed by atoms with van der Waals surface area (Å²) in [6, 6.07) is 5.70. The quantitative estimate of drug-likeness (QED) is 0.758. The van der Waals surface area contributed by atoms with Crippen LogP contribution in [0.3, 0.4) is 0 Å². The van der Waals surface area contributed by atoms with Crippen molar-refractivity contribution in [3.05, 3.63) is 33.5 Å². The second-order valence-corrected chi connectivity index (χ2v) is 5.08. The fraction of sp³-hybridized carbons (Fsp3) is 0.200. The lowest BCUT2D eigenvalue weighted by atomic mass is 10.2. The summed E-state index contributed by atoms with van der Waals surface area (Å²) in [4.78, 5) is 0. The van der Waals surface area contributed by atoms with Crippen molar-refractivity contribution in [2.45, 2.75) is 5.33 Å². The molecule has 3 nitrogen and oxygen atoms in total. The molecule has 1 aromatic heterocycles. The van der Waals surface area contributed by atoms with Gasteiger partial charge in [-0.2, -0.15) is 0 Å². The van der Waals surface area contributed by atoms with E-state index in [0.717, 1.165) is 21.7 Å². The minimum absolute atomic E-state index is 0.686. The van der Waals surface area contributed by atoms with Gasteiger partial charge in [0, 0.05) is 17.1 Å². The van der Waals surface area contributed by atoms with Crippen molar-refractivity contribution in [3.63, 3.8) is 0 Å². The number of hydrogen-bond acceptors (Lipinski definition) is 2. The lowest BCUT2D eigenvalue weighted by Crippen LogP contribution is -1.97. The van der Waals surface area contributed by atoms with Crippen LogP contribution in [-0.4, -0.2) is 14.8 Å². The maximum Gasteiger partial charge on any atom is 0.163 e. The Morgan fingerprint density at radius 2 is 2.12 bits per heavy atom. The molecule has 1 heterocycles. The van der Waals surface area contributed by atoms with E-state index in [0.29, 0.717) is 10.4 Å². The Kier molecular flexibility index (Phi) is 3.66. The van der Waals surface area contributed by atoms with Gasteiger partial charge < -0.3 is 4.57 Å². The van der Waals surface area contributed by atoms with Gasteiger partial charge in [0.05, 0.1) is 10.4 Å². The molecule has 0 saturated carbocycles. The van der Waals surface area contributed by atoms with E-state index in [2.05, 4.69) is 42.1 Å². The predicted molar refractivity (Wildman–Crippen MR) is 71.8 cm³/mol. The van der Waals surface area contributed by atoms with Crippen molar-refractivity contribution in [1.29, 1.82) is 0 Å². The number of alkyl halides is 1. The minimum Gasteiger partial charge on any atom is -0.313 e. The van der Waals surface area contributed by atoms with Crippen LogP contribution in [0.4, 0.5) is 0 Å². The Labute approximate surface area is 115 Å². The third kappa shape index (κ3) is 2.17. The van der Waals surface area contributed by atoms with Crippen molar-refractivity contribution >= 4 is 43.5 Å². The molecule has 0 amide bonds. The molecule has 0 aliphatic heterocycles. The van der Waals surface area contributed by atoms with E-state index in [9.17, 15) is 0 Å². The Morgan fingerprint density at radius 1 is 1.38 bits per heavy atom. The first-order valence-corrected chi connectivity index (χ1v) is 6.82. The SMILES string of the molecule is Cn1c(CBr)nnc1-c1ccc(Cl)c(Br)c1. The van der Waals surface area contributed by atoms with E-state index in [1.54, 1.807) is 0 Å². The fourth-order valence-electron chi connectivity index (χ4n) is 1.36. The van der Waals surface area contributed by atoms with Crippen LogP contribution in [0.1, 0.15) is 5.82 Å². The smallest absolute Gasteiger partial charge is 0.163 e. The van der Waals surface area contributed by atoms with E-state index in [1.165, 1.54) is 0 Å². The standard InChI is InChI=1S/C10H8Br2ClN3/c1-16-9(5-11)14-15-10(16)6-2-3-8(13)7(12)4-6/h2-4H,5H2,1H3. The molecule has 84 valence electrons. The monoisotopic (exact) mass is 363 g/mol. The Hall–Kier alpha value is -0.390. The zero-order chi connectivity index (χ0) is 11.7. The number of benzene rings is 1. The summed E-state index contributed by atoms with van der Waals surface area (Å²) in [6.45, 7) is 0. The predicted octanol–water partition coefficient (Wildman–Crippen LogP) is 3.79. The third-order valence-electron chi connectivity index (χ3n) is 2.26. The molecule has 0 N–H and O–H groups in total. The van der Waals surface area contributed by atoms with E-state index >= 15 is 0 Å². The van der Waals surface area contributed by atoms with Crippen molar-refractivity contribution < 1.29 is 0 Å². The number of aromatic nitrogens is 3. The molecular formula is C10H8Br2ClN3. The summed E-state index contributed by atoms with van der Waals surface area (Å²) in [5.74, 6) is 1.72. The van der Waals surface area contributed by atoms with Gasteiger partial charge in [-0.1, -0.05) is 27.5 Å². The van der Waals surface area contributed by atoms with Crippen molar-refractivity contribution in [2.75, 3.05) is 0 Å². The van der Waals surface area contributed by atoms with Gasteiger partial charge >= 0.3 is 0 Å². The second kappa shape index (κ2) is 4.85. The van der Waals surface area contributed by atoms with Crippen molar-refractivity contribution in [2.24, 2.45) is 7.05 Å². The highest BCUT2D eigenvalue weighted by atomic mass is 79.9. The maximum absolute atomic E-state index is 5.94. The van der Waals surface area contributed by atoms with Gasteiger partial charge in [-0.05, 0) is 34.1 Å². The zero-order valence-electron chi connectivity index (χ0n) is 8.41. The van der Waals surface area contributed by atoms with Crippen LogP contribution in [0, 0.1) is 0 Å². The lowest BCUT2D eigenvalue weighted by Gasteiger charge is -2.03. The summed E-state index contributed by atoms with van der Waals surface area (Å²) in [5, 5.41) is 9.60. The molecule has 0 unspecified atom stereocenters. The molecule has 0 aliphatic carbocycles. The number of halogens is 3. The molecule has 0 spiro atoms. The van der Waals surface area contributed by atoms with Crippen LogP contribution < -0.4 is 0 Å². The highest BCUT2D eigenvalue weighted by Gasteiger charge is 2.10. The van der Waals surface area contributed by atoms with Crippen molar-refractivity contribution in [1.82, 2.24) is 14.8 Å². The number of hydrogen-bond donors (Lipinski definition) is 0. The third-order valence-corrected chi connectivity index (χ3v) is 3.98. The number of rotatable bonds is 2. The van der Waals surface area contributed by atoms with Crippen LogP contribution in [0.5, 0.6) is 0 Å². The average Bonchev–Trinajstić information content (AvgIpc) is 2.64. The van der Waals surface area contributed by atoms with E-state index in [1.807, 2.05) is 29.8 Å². The summed E-state index contributed by atoms with van der Waals surface area (Å²) < 4.78 is 2.81. The molecule has 0 radical (unpaired) electrons. The van der Waals surface area contributed by atoms with Crippen LogP contribution in [0.15, 0.2) is 22.7 Å². The van der Waals surface area contributed by atoms with Gasteiger partial charge in [0.25, 0.3) is 0 Å². The normalized spacial score (nSPS) is 10.8. The molecule has 2 rings (SSSR count). The van der Waals surface area contributed by atoms with E-state index in [-0.39, 0.29) is 0 Å². The molecule has 0 aliphatic rings. The second-order valence-electron chi connectivity index (χ2n) is 3.26. The molecular weight excluding hydrogens is 357 g/mol. The Morgan fingerprint density at radius 3 is 2.69 bits per heavy atom.